The summed E-state index contributed by atoms with van der Waals surface area (Å²) >= 11 is 0. The van der Waals surface area contributed by atoms with Crippen LogP contribution in [0.4, 0.5) is 0 Å². The van der Waals surface area contributed by atoms with Gasteiger partial charge in [0.25, 0.3) is 0 Å². The molecule has 1 aromatic heterocycles. The first-order valence-electron chi connectivity index (χ1n) is 6.55. The number of fused-ring (bicyclic) bond motifs is 1. The lowest BCUT2D eigenvalue weighted by atomic mass is 9.90. The molecule has 2 heterocycles. The zero-order valence-corrected chi connectivity index (χ0v) is 10.3. The monoisotopic (exact) mass is 243 g/mol. The molecular formula is C15H17NO2. The van der Waals surface area contributed by atoms with Gasteiger partial charge in [0.15, 0.2) is 5.78 Å². The van der Waals surface area contributed by atoms with Crippen molar-refractivity contribution in [3.8, 4) is 0 Å². The summed E-state index contributed by atoms with van der Waals surface area (Å²) in [6, 6.07) is 7.72. The Hall–Kier alpha value is -1.61. The third-order valence-electron chi connectivity index (χ3n) is 3.71. The quantitative estimate of drug-likeness (QED) is 0.843. The Morgan fingerprint density at radius 2 is 2.06 bits per heavy atom. The van der Waals surface area contributed by atoms with Crippen molar-refractivity contribution in [1.82, 2.24) is 5.32 Å². The number of ketones is 1. The molecule has 0 aliphatic carbocycles. The van der Waals surface area contributed by atoms with Crippen LogP contribution < -0.4 is 5.32 Å². The second-order valence-corrected chi connectivity index (χ2v) is 4.97. The van der Waals surface area contributed by atoms with Gasteiger partial charge in [0.1, 0.15) is 11.8 Å². The summed E-state index contributed by atoms with van der Waals surface area (Å²) in [6.07, 6.45) is 4.45. The molecule has 0 atom stereocenters. The maximum Gasteiger partial charge on any atom is 0.167 e. The summed E-state index contributed by atoms with van der Waals surface area (Å²) in [5.41, 5.74) is 1.54. The molecule has 3 heteroatoms. The van der Waals surface area contributed by atoms with E-state index in [1.807, 2.05) is 24.3 Å². The lowest BCUT2D eigenvalue weighted by Crippen LogP contribution is -2.28. The molecule has 1 aromatic carbocycles. The van der Waals surface area contributed by atoms with Gasteiger partial charge in [0, 0.05) is 11.8 Å². The van der Waals surface area contributed by atoms with Crippen LogP contribution in [0.1, 0.15) is 29.6 Å². The number of carbonyl (C=O) groups is 1. The van der Waals surface area contributed by atoms with Gasteiger partial charge in [-0.05, 0) is 37.9 Å². The van der Waals surface area contributed by atoms with Gasteiger partial charge in [-0.25, -0.2) is 0 Å². The van der Waals surface area contributed by atoms with E-state index in [-0.39, 0.29) is 5.78 Å². The average Bonchev–Trinajstić information content (AvgIpc) is 2.84. The fourth-order valence-electron chi connectivity index (χ4n) is 2.65. The summed E-state index contributed by atoms with van der Waals surface area (Å²) < 4.78 is 5.43. The molecule has 1 N–H and O–H groups in total. The number of benzene rings is 1. The Morgan fingerprint density at radius 3 is 2.89 bits per heavy atom. The fraction of sp³-hybridized carbons (Fsp3) is 0.400. The molecule has 94 valence electrons. The van der Waals surface area contributed by atoms with Crippen molar-refractivity contribution >= 4 is 16.8 Å². The molecule has 2 aromatic rings. The summed E-state index contributed by atoms with van der Waals surface area (Å²) in [7, 11) is 0. The topological polar surface area (TPSA) is 42.2 Å². The Morgan fingerprint density at radius 1 is 1.28 bits per heavy atom. The second kappa shape index (κ2) is 4.94. The molecule has 3 rings (SSSR count). The minimum Gasteiger partial charge on any atom is -0.464 e. The van der Waals surface area contributed by atoms with Crippen molar-refractivity contribution in [2.75, 3.05) is 13.1 Å². The molecule has 1 saturated heterocycles. The number of furan rings is 1. The number of piperidine rings is 1. The Labute approximate surface area is 106 Å². The van der Waals surface area contributed by atoms with Gasteiger partial charge in [-0.2, -0.15) is 0 Å². The predicted molar refractivity (Wildman–Crippen MR) is 70.8 cm³/mol. The van der Waals surface area contributed by atoms with Gasteiger partial charge in [-0.3, -0.25) is 4.79 Å². The number of carbonyl (C=O) groups excluding carboxylic acids is 1. The summed E-state index contributed by atoms with van der Waals surface area (Å²) in [6.45, 7) is 2.06. The summed E-state index contributed by atoms with van der Waals surface area (Å²) in [5.74, 6) is 0.735. The average molecular weight is 243 g/mol. The molecular weight excluding hydrogens is 226 g/mol. The van der Waals surface area contributed by atoms with Crippen LogP contribution in [-0.2, 0) is 0 Å². The van der Waals surface area contributed by atoms with Crippen molar-refractivity contribution in [2.45, 2.75) is 19.3 Å². The first-order valence-corrected chi connectivity index (χ1v) is 6.55. The number of Topliss-reactive ketones (excluding diaryl/α,β-unsaturated/α-hetero) is 1. The Balaban J connectivity index is 1.79. The van der Waals surface area contributed by atoms with E-state index >= 15 is 0 Å². The van der Waals surface area contributed by atoms with Gasteiger partial charge in [-0.1, -0.05) is 18.2 Å². The number of rotatable bonds is 3. The Bertz CT molecular complexity index is 552. The molecule has 18 heavy (non-hydrogen) atoms. The molecule has 0 spiro atoms. The highest BCUT2D eigenvalue weighted by Crippen LogP contribution is 2.25. The molecule has 0 amide bonds. The highest BCUT2D eigenvalue weighted by atomic mass is 16.3. The van der Waals surface area contributed by atoms with E-state index in [1.54, 1.807) is 6.26 Å². The van der Waals surface area contributed by atoms with Crippen LogP contribution >= 0.6 is 0 Å². The Kier molecular flexibility index (Phi) is 3.15. The van der Waals surface area contributed by atoms with Crippen molar-refractivity contribution < 1.29 is 9.21 Å². The largest absolute Gasteiger partial charge is 0.464 e. The number of nitrogens with one attached hydrogen (secondary N) is 1. The van der Waals surface area contributed by atoms with E-state index in [0.717, 1.165) is 42.5 Å². The molecule has 1 fully saturated rings. The maximum absolute atomic E-state index is 12.3. The van der Waals surface area contributed by atoms with E-state index in [2.05, 4.69) is 5.32 Å². The number of para-hydroxylation sites is 1. The van der Waals surface area contributed by atoms with Crippen LogP contribution in [0.15, 0.2) is 34.9 Å². The van der Waals surface area contributed by atoms with Gasteiger partial charge >= 0.3 is 0 Å². The SMILES string of the molecule is O=C(CC1CCNCC1)c1coc2ccccc12. The molecule has 3 nitrogen and oxygen atoms in total. The molecule has 1 aliphatic rings. The fourth-order valence-corrected chi connectivity index (χ4v) is 2.65. The first kappa shape index (κ1) is 11.5. The van der Waals surface area contributed by atoms with E-state index < -0.39 is 0 Å². The second-order valence-electron chi connectivity index (χ2n) is 4.97. The van der Waals surface area contributed by atoms with Crippen LogP contribution in [0.5, 0.6) is 0 Å². The van der Waals surface area contributed by atoms with E-state index in [0.29, 0.717) is 12.3 Å². The molecule has 1 aliphatic heterocycles. The maximum atomic E-state index is 12.3. The van der Waals surface area contributed by atoms with E-state index in [1.165, 1.54) is 0 Å². The molecule has 0 bridgehead atoms. The molecule has 0 radical (unpaired) electrons. The minimum absolute atomic E-state index is 0.215. The van der Waals surface area contributed by atoms with Gasteiger partial charge < -0.3 is 9.73 Å². The number of hydrogen-bond acceptors (Lipinski definition) is 3. The lowest BCUT2D eigenvalue weighted by Gasteiger charge is -2.21. The zero-order chi connectivity index (χ0) is 12.4. The van der Waals surface area contributed by atoms with Crippen molar-refractivity contribution in [3.05, 3.63) is 36.1 Å². The van der Waals surface area contributed by atoms with Gasteiger partial charge in [0.2, 0.25) is 0 Å². The van der Waals surface area contributed by atoms with Crippen molar-refractivity contribution in [1.29, 1.82) is 0 Å². The third-order valence-corrected chi connectivity index (χ3v) is 3.71. The van der Waals surface area contributed by atoms with Crippen LogP contribution in [-0.4, -0.2) is 18.9 Å². The lowest BCUT2D eigenvalue weighted by molar-refractivity contribution is 0.0953. The molecule has 0 unspecified atom stereocenters. The van der Waals surface area contributed by atoms with E-state index in [4.69, 9.17) is 4.42 Å². The summed E-state index contributed by atoms with van der Waals surface area (Å²) in [4.78, 5) is 12.3. The predicted octanol–water partition coefficient (Wildman–Crippen LogP) is 3.01. The standard InChI is InChI=1S/C15H17NO2/c17-14(9-11-5-7-16-8-6-11)13-10-18-15-4-2-1-3-12(13)15/h1-4,10-11,16H,5-9H2. The van der Waals surface area contributed by atoms with Gasteiger partial charge in [-0.15, -0.1) is 0 Å². The van der Waals surface area contributed by atoms with Crippen molar-refractivity contribution in [2.24, 2.45) is 5.92 Å². The van der Waals surface area contributed by atoms with Crippen LogP contribution in [0, 0.1) is 5.92 Å². The van der Waals surface area contributed by atoms with Crippen LogP contribution in [0.3, 0.4) is 0 Å². The van der Waals surface area contributed by atoms with Crippen LogP contribution in [0.25, 0.3) is 11.0 Å². The third kappa shape index (κ3) is 2.18. The number of hydrogen-bond donors (Lipinski definition) is 1. The highest BCUT2D eigenvalue weighted by molar-refractivity contribution is 6.07. The zero-order valence-electron chi connectivity index (χ0n) is 10.3. The normalized spacial score (nSPS) is 17.1. The highest BCUT2D eigenvalue weighted by Gasteiger charge is 2.20. The summed E-state index contributed by atoms with van der Waals surface area (Å²) in [5, 5.41) is 4.26. The van der Waals surface area contributed by atoms with Crippen molar-refractivity contribution in [3.63, 3.8) is 0 Å². The first-order chi connectivity index (χ1) is 8.84. The molecule has 0 saturated carbocycles. The minimum atomic E-state index is 0.215. The smallest absolute Gasteiger partial charge is 0.167 e. The van der Waals surface area contributed by atoms with E-state index in [9.17, 15) is 4.79 Å². The van der Waals surface area contributed by atoms with Gasteiger partial charge in [0.05, 0.1) is 5.56 Å². The van der Waals surface area contributed by atoms with Crippen LogP contribution in [0.2, 0.25) is 0 Å².